The molecule has 2 aromatic rings. The van der Waals surface area contributed by atoms with Crippen LogP contribution in [0, 0.1) is 38.2 Å². The summed E-state index contributed by atoms with van der Waals surface area (Å²) in [5.41, 5.74) is 0. The first-order chi connectivity index (χ1) is 4.97. The molecule has 1 heteroatoms. The zero-order chi connectivity index (χ0) is 6.81. The molecule has 0 saturated carbocycles. The predicted octanol–water partition coefficient (Wildman–Crippen LogP) is 2.84. The number of fused-ring (bicyclic) bond motifs is 1. The molecule has 0 saturated heterocycles. The summed E-state index contributed by atoms with van der Waals surface area (Å²) in [6.45, 7) is 0. The molecule has 2 rings (SSSR count). The summed E-state index contributed by atoms with van der Waals surface area (Å²) in [5, 5.41) is 2.62. The summed E-state index contributed by atoms with van der Waals surface area (Å²) >= 11 is 0. The molecule has 11 heavy (non-hydrogen) atoms. The maximum Gasteiger partial charge on any atom is 0 e. The Labute approximate surface area is 96.6 Å². The molecule has 0 atom stereocenters. The maximum atomic E-state index is 2.12. The third-order valence-corrected chi connectivity index (χ3v) is 1.66. The van der Waals surface area contributed by atoms with Crippen molar-refractivity contribution < 1.29 is 38.2 Å². The molecule has 0 nitrogen and oxygen atoms in total. The summed E-state index contributed by atoms with van der Waals surface area (Å²) in [6.07, 6.45) is 0. The summed E-state index contributed by atoms with van der Waals surface area (Å²) in [4.78, 5) is 0. The fourth-order valence-corrected chi connectivity index (χ4v) is 1.13. The quantitative estimate of drug-likeness (QED) is 0.700. The van der Waals surface area contributed by atoms with E-state index < -0.39 is 0 Å². The van der Waals surface area contributed by atoms with Gasteiger partial charge in [0.05, 0.1) is 0 Å². The van der Waals surface area contributed by atoms with Gasteiger partial charge in [-0.25, -0.2) is 0 Å². The molecule has 0 aliphatic heterocycles. The predicted molar refractivity (Wildman–Crippen MR) is 43.9 cm³/mol. The zero-order valence-electron chi connectivity index (χ0n) is 5.94. The molecule has 2 aromatic carbocycles. The van der Waals surface area contributed by atoms with E-state index in [0.29, 0.717) is 0 Å². The molecule has 0 N–H and O–H groups in total. The van der Waals surface area contributed by atoms with Crippen molar-refractivity contribution >= 4 is 10.8 Å². The fraction of sp³-hybridized carbons (Fsp3) is 0. The van der Waals surface area contributed by atoms with Crippen molar-refractivity contribution in [3.8, 4) is 0 Å². The molecule has 0 fully saturated rings. The summed E-state index contributed by atoms with van der Waals surface area (Å²) < 4.78 is 0. The van der Waals surface area contributed by atoms with Crippen LogP contribution in [0.5, 0.6) is 0 Å². The minimum atomic E-state index is 0. The monoisotopic (exact) mass is 292 g/mol. The molecular weight excluding hydrogens is 283 g/mol. The first kappa shape index (κ1) is 9.06. The molecule has 0 aromatic heterocycles. The Morgan fingerprint density at radius 3 is 1.09 bits per heavy atom. The number of rotatable bonds is 0. The van der Waals surface area contributed by atoms with Crippen LogP contribution >= 0.6 is 0 Å². The van der Waals surface area contributed by atoms with E-state index in [1.165, 1.54) is 10.8 Å². The van der Waals surface area contributed by atoms with Crippen molar-refractivity contribution in [3.63, 3.8) is 0 Å². The van der Waals surface area contributed by atoms with Crippen LogP contribution in [-0.2, 0) is 0 Å². The Bertz CT molecular complexity index is 276. The van der Waals surface area contributed by atoms with Crippen LogP contribution in [0.25, 0.3) is 10.8 Å². The first-order valence-corrected chi connectivity index (χ1v) is 3.40. The van der Waals surface area contributed by atoms with Gasteiger partial charge in [0.25, 0.3) is 0 Å². The SMILES string of the molecule is [Dy].c1ccc2ccccc2c1. The standard InChI is InChI=1S/C10H8.Dy/c1-2-6-10-8-4-3-7-9(10)5-1;/h1-8H;. The van der Waals surface area contributed by atoms with Gasteiger partial charge < -0.3 is 0 Å². The number of hydrogen-bond acceptors (Lipinski definition) is 0. The van der Waals surface area contributed by atoms with Gasteiger partial charge in [-0.3, -0.25) is 0 Å². The second kappa shape index (κ2) is 4.11. The molecule has 0 bridgehead atoms. The summed E-state index contributed by atoms with van der Waals surface area (Å²) in [6, 6.07) is 16.7. The Balaban J connectivity index is 0.000000605. The average molecular weight is 291 g/mol. The average Bonchev–Trinajstić information content (AvgIpc) is 2.05. The molecule has 0 spiro atoms. The van der Waals surface area contributed by atoms with E-state index in [2.05, 4.69) is 48.5 Å². The first-order valence-electron chi connectivity index (χ1n) is 3.40. The van der Waals surface area contributed by atoms with Gasteiger partial charge in [-0.15, -0.1) is 0 Å². The summed E-state index contributed by atoms with van der Waals surface area (Å²) in [7, 11) is 0. The minimum Gasteiger partial charge on any atom is -0.0616 e. The van der Waals surface area contributed by atoms with Crippen LogP contribution < -0.4 is 0 Å². The van der Waals surface area contributed by atoms with E-state index in [-0.39, 0.29) is 38.2 Å². The second-order valence-corrected chi connectivity index (χ2v) is 2.35. The fourth-order valence-electron chi connectivity index (χ4n) is 1.13. The van der Waals surface area contributed by atoms with Crippen LogP contribution in [0.2, 0.25) is 0 Å². The van der Waals surface area contributed by atoms with E-state index >= 15 is 0 Å². The van der Waals surface area contributed by atoms with Gasteiger partial charge in [-0.05, 0) is 10.8 Å². The molecule has 0 radical (unpaired) electrons. The van der Waals surface area contributed by atoms with Crippen molar-refractivity contribution in [2.75, 3.05) is 0 Å². The van der Waals surface area contributed by atoms with E-state index in [4.69, 9.17) is 0 Å². The molecule has 58 valence electrons. The van der Waals surface area contributed by atoms with Gasteiger partial charge in [0.15, 0.2) is 0 Å². The Hall–Kier alpha value is -0.0273. The van der Waals surface area contributed by atoms with Crippen LogP contribution in [0.4, 0.5) is 0 Å². The van der Waals surface area contributed by atoms with Crippen molar-refractivity contribution in [2.45, 2.75) is 0 Å². The molecule has 0 aliphatic carbocycles. The van der Waals surface area contributed by atoms with Crippen molar-refractivity contribution in [3.05, 3.63) is 48.5 Å². The van der Waals surface area contributed by atoms with Crippen LogP contribution in [0.15, 0.2) is 48.5 Å². The van der Waals surface area contributed by atoms with Crippen LogP contribution in [-0.4, -0.2) is 0 Å². The Morgan fingerprint density at radius 2 is 0.818 bits per heavy atom. The Kier molecular flexibility index (Phi) is 3.39. The molecule has 0 unspecified atom stereocenters. The van der Waals surface area contributed by atoms with E-state index in [9.17, 15) is 0 Å². The van der Waals surface area contributed by atoms with E-state index in [1.54, 1.807) is 0 Å². The van der Waals surface area contributed by atoms with E-state index in [0.717, 1.165) is 0 Å². The summed E-state index contributed by atoms with van der Waals surface area (Å²) in [5.74, 6) is 0. The maximum absolute atomic E-state index is 2.12. The minimum absolute atomic E-state index is 0. The van der Waals surface area contributed by atoms with Gasteiger partial charge in [-0.2, -0.15) is 0 Å². The normalized spacial score (nSPS) is 9.09. The van der Waals surface area contributed by atoms with Crippen molar-refractivity contribution in [2.24, 2.45) is 0 Å². The number of hydrogen-bond donors (Lipinski definition) is 0. The van der Waals surface area contributed by atoms with Gasteiger partial charge in [0.2, 0.25) is 0 Å². The molecular formula is C10H8Dy. The molecule has 0 amide bonds. The third-order valence-electron chi connectivity index (χ3n) is 1.66. The molecule has 0 heterocycles. The molecule has 0 aliphatic rings. The van der Waals surface area contributed by atoms with Gasteiger partial charge in [-0.1, -0.05) is 48.5 Å². The number of benzene rings is 2. The Morgan fingerprint density at radius 1 is 0.545 bits per heavy atom. The second-order valence-electron chi connectivity index (χ2n) is 2.35. The third kappa shape index (κ3) is 1.96. The van der Waals surface area contributed by atoms with Crippen molar-refractivity contribution in [1.82, 2.24) is 0 Å². The smallest absolute Gasteiger partial charge is 0 e. The van der Waals surface area contributed by atoms with Gasteiger partial charge >= 0.3 is 0 Å². The van der Waals surface area contributed by atoms with Gasteiger partial charge in [0.1, 0.15) is 0 Å². The van der Waals surface area contributed by atoms with Crippen LogP contribution in [0.1, 0.15) is 0 Å². The largest absolute Gasteiger partial charge is 0.0616 e. The zero-order valence-corrected chi connectivity index (χ0v) is 7.96. The topological polar surface area (TPSA) is 0 Å². The van der Waals surface area contributed by atoms with E-state index in [1.807, 2.05) is 0 Å². The van der Waals surface area contributed by atoms with Crippen LogP contribution in [0.3, 0.4) is 0 Å². The van der Waals surface area contributed by atoms with Gasteiger partial charge in [0, 0.05) is 38.2 Å². The van der Waals surface area contributed by atoms with Crippen molar-refractivity contribution in [1.29, 1.82) is 0 Å².